The molecular weight excluding hydrogens is 194 g/mol. The van der Waals surface area contributed by atoms with Crippen molar-refractivity contribution in [1.29, 1.82) is 0 Å². The Labute approximate surface area is 89.9 Å². The Morgan fingerprint density at radius 1 is 1.13 bits per heavy atom. The van der Waals surface area contributed by atoms with Crippen LogP contribution in [0.15, 0.2) is 18.2 Å². The standard InChI is InChI=1S/C11H17NO3/c1-13-7-4-8-15-10-6-3-5-9(14-2)11(10)12/h3,5-6H,4,7-8,12H2,1-2H3. The van der Waals surface area contributed by atoms with E-state index >= 15 is 0 Å². The average molecular weight is 211 g/mol. The van der Waals surface area contributed by atoms with Crippen LogP contribution in [0.3, 0.4) is 0 Å². The predicted octanol–water partition coefficient (Wildman–Crippen LogP) is 1.69. The summed E-state index contributed by atoms with van der Waals surface area (Å²) in [6.45, 7) is 1.27. The van der Waals surface area contributed by atoms with Gasteiger partial charge in [0.15, 0.2) is 0 Å². The molecule has 1 rings (SSSR count). The largest absolute Gasteiger partial charge is 0.494 e. The van der Waals surface area contributed by atoms with Gasteiger partial charge in [0.05, 0.1) is 13.7 Å². The Bertz CT molecular complexity index is 302. The fraction of sp³-hybridized carbons (Fsp3) is 0.455. The highest BCUT2D eigenvalue weighted by atomic mass is 16.5. The van der Waals surface area contributed by atoms with Crippen LogP contribution in [0, 0.1) is 0 Å². The minimum Gasteiger partial charge on any atom is -0.494 e. The van der Waals surface area contributed by atoms with Crippen LogP contribution >= 0.6 is 0 Å². The summed E-state index contributed by atoms with van der Waals surface area (Å²) in [7, 11) is 3.25. The summed E-state index contributed by atoms with van der Waals surface area (Å²) in [5.74, 6) is 1.30. The van der Waals surface area contributed by atoms with E-state index < -0.39 is 0 Å². The average Bonchev–Trinajstić information content (AvgIpc) is 2.26. The molecule has 0 saturated heterocycles. The van der Waals surface area contributed by atoms with Crippen LogP contribution in [-0.4, -0.2) is 27.4 Å². The summed E-state index contributed by atoms with van der Waals surface area (Å²) in [4.78, 5) is 0. The normalized spacial score (nSPS) is 10.0. The van der Waals surface area contributed by atoms with E-state index in [2.05, 4.69) is 0 Å². The van der Waals surface area contributed by atoms with E-state index in [4.69, 9.17) is 19.9 Å². The maximum atomic E-state index is 5.83. The van der Waals surface area contributed by atoms with Crippen LogP contribution in [0.25, 0.3) is 0 Å². The molecule has 0 aliphatic heterocycles. The summed E-state index contributed by atoms with van der Waals surface area (Å²) in [5, 5.41) is 0. The molecule has 4 nitrogen and oxygen atoms in total. The minimum absolute atomic E-state index is 0.539. The molecule has 0 aromatic heterocycles. The molecular formula is C11H17NO3. The summed E-state index contributed by atoms with van der Waals surface area (Å²) >= 11 is 0. The molecule has 0 atom stereocenters. The van der Waals surface area contributed by atoms with E-state index in [1.165, 1.54) is 0 Å². The van der Waals surface area contributed by atoms with Crippen molar-refractivity contribution in [2.45, 2.75) is 6.42 Å². The molecule has 0 aliphatic rings. The van der Waals surface area contributed by atoms with Crippen molar-refractivity contribution in [1.82, 2.24) is 0 Å². The number of hydrogen-bond acceptors (Lipinski definition) is 4. The van der Waals surface area contributed by atoms with Gasteiger partial charge in [-0.25, -0.2) is 0 Å². The zero-order valence-corrected chi connectivity index (χ0v) is 9.16. The molecule has 0 radical (unpaired) electrons. The van der Waals surface area contributed by atoms with Gasteiger partial charge < -0.3 is 19.9 Å². The lowest BCUT2D eigenvalue weighted by atomic mass is 10.3. The fourth-order valence-corrected chi connectivity index (χ4v) is 1.21. The highest BCUT2D eigenvalue weighted by Crippen LogP contribution is 2.30. The quantitative estimate of drug-likeness (QED) is 0.574. The molecule has 15 heavy (non-hydrogen) atoms. The van der Waals surface area contributed by atoms with Crippen molar-refractivity contribution >= 4 is 5.69 Å². The number of hydrogen-bond donors (Lipinski definition) is 1. The van der Waals surface area contributed by atoms with Gasteiger partial charge in [0, 0.05) is 20.1 Å². The van der Waals surface area contributed by atoms with Crippen molar-refractivity contribution in [2.24, 2.45) is 0 Å². The van der Waals surface area contributed by atoms with Crippen molar-refractivity contribution in [3.8, 4) is 11.5 Å². The second kappa shape index (κ2) is 6.14. The third kappa shape index (κ3) is 3.32. The number of anilines is 1. The number of rotatable bonds is 6. The number of para-hydroxylation sites is 1. The van der Waals surface area contributed by atoms with Crippen LogP contribution in [-0.2, 0) is 4.74 Å². The van der Waals surface area contributed by atoms with Gasteiger partial charge in [0.2, 0.25) is 0 Å². The molecule has 0 amide bonds. The van der Waals surface area contributed by atoms with E-state index in [9.17, 15) is 0 Å². The highest BCUT2D eigenvalue weighted by Gasteiger charge is 2.05. The zero-order chi connectivity index (χ0) is 11.1. The Kier molecular flexibility index (Phi) is 4.77. The maximum absolute atomic E-state index is 5.83. The fourth-order valence-electron chi connectivity index (χ4n) is 1.21. The first-order valence-corrected chi connectivity index (χ1v) is 4.83. The van der Waals surface area contributed by atoms with Gasteiger partial charge in [0.25, 0.3) is 0 Å². The monoisotopic (exact) mass is 211 g/mol. The summed E-state index contributed by atoms with van der Waals surface area (Å²) in [6, 6.07) is 5.48. The van der Waals surface area contributed by atoms with E-state index in [1.54, 1.807) is 20.3 Å². The summed E-state index contributed by atoms with van der Waals surface area (Å²) in [6.07, 6.45) is 0.840. The lowest BCUT2D eigenvalue weighted by molar-refractivity contribution is 0.172. The molecule has 0 fully saturated rings. The van der Waals surface area contributed by atoms with Crippen molar-refractivity contribution in [3.05, 3.63) is 18.2 Å². The van der Waals surface area contributed by atoms with Crippen molar-refractivity contribution in [2.75, 3.05) is 33.2 Å². The number of ether oxygens (including phenoxy) is 3. The molecule has 0 aliphatic carbocycles. The smallest absolute Gasteiger partial charge is 0.146 e. The molecule has 0 unspecified atom stereocenters. The SMILES string of the molecule is COCCCOc1cccc(OC)c1N. The lowest BCUT2D eigenvalue weighted by Crippen LogP contribution is -2.04. The lowest BCUT2D eigenvalue weighted by Gasteiger charge is -2.11. The second-order valence-corrected chi connectivity index (χ2v) is 3.07. The van der Waals surface area contributed by atoms with E-state index in [0.717, 1.165) is 6.42 Å². The summed E-state index contributed by atoms with van der Waals surface area (Å²) < 4.78 is 15.5. The predicted molar refractivity (Wildman–Crippen MR) is 59.4 cm³/mol. The van der Waals surface area contributed by atoms with Gasteiger partial charge in [-0.1, -0.05) is 6.07 Å². The first-order chi connectivity index (χ1) is 7.29. The van der Waals surface area contributed by atoms with E-state index in [1.807, 2.05) is 12.1 Å². The maximum Gasteiger partial charge on any atom is 0.146 e. The number of methoxy groups -OCH3 is 2. The van der Waals surface area contributed by atoms with Crippen LogP contribution < -0.4 is 15.2 Å². The molecule has 0 spiro atoms. The molecule has 0 bridgehead atoms. The van der Waals surface area contributed by atoms with Crippen molar-refractivity contribution in [3.63, 3.8) is 0 Å². The topological polar surface area (TPSA) is 53.7 Å². The first-order valence-electron chi connectivity index (χ1n) is 4.83. The number of nitrogens with two attached hydrogens (primary N) is 1. The summed E-state index contributed by atoms with van der Waals surface area (Å²) in [5.41, 5.74) is 6.37. The van der Waals surface area contributed by atoms with Gasteiger partial charge in [0.1, 0.15) is 17.2 Å². The molecule has 0 saturated carbocycles. The molecule has 0 heterocycles. The van der Waals surface area contributed by atoms with Crippen LogP contribution in [0.4, 0.5) is 5.69 Å². The minimum atomic E-state index is 0.539. The molecule has 2 N–H and O–H groups in total. The molecule has 1 aromatic carbocycles. The second-order valence-electron chi connectivity index (χ2n) is 3.07. The third-order valence-electron chi connectivity index (χ3n) is 2.00. The van der Waals surface area contributed by atoms with Crippen LogP contribution in [0.2, 0.25) is 0 Å². The van der Waals surface area contributed by atoms with Gasteiger partial charge in [-0.05, 0) is 12.1 Å². The molecule has 84 valence electrons. The van der Waals surface area contributed by atoms with Gasteiger partial charge in [-0.15, -0.1) is 0 Å². The van der Waals surface area contributed by atoms with Gasteiger partial charge in [-0.2, -0.15) is 0 Å². The zero-order valence-electron chi connectivity index (χ0n) is 9.16. The number of benzene rings is 1. The first kappa shape index (κ1) is 11.7. The van der Waals surface area contributed by atoms with Gasteiger partial charge in [-0.3, -0.25) is 0 Å². The number of nitrogen functional groups attached to an aromatic ring is 1. The Hall–Kier alpha value is -1.42. The van der Waals surface area contributed by atoms with Crippen molar-refractivity contribution < 1.29 is 14.2 Å². The highest BCUT2D eigenvalue weighted by molar-refractivity contribution is 5.62. The third-order valence-corrected chi connectivity index (χ3v) is 2.00. The van der Waals surface area contributed by atoms with Gasteiger partial charge >= 0.3 is 0 Å². The van der Waals surface area contributed by atoms with E-state index in [0.29, 0.717) is 30.4 Å². The molecule has 4 heteroatoms. The van der Waals surface area contributed by atoms with E-state index in [-0.39, 0.29) is 0 Å². The molecule has 1 aromatic rings. The Morgan fingerprint density at radius 2 is 1.87 bits per heavy atom. The van der Waals surface area contributed by atoms with Crippen LogP contribution in [0.5, 0.6) is 11.5 Å². The Balaban J connectivity index is 2.53. The Morgan fingerprint density at radius 3 is 2.53 bits per heavy atom. The van der Waals surface area contributed by atoms with Crippen LogP contribution in [0.1, 0.15) is 6.42 Å².